The number of benzene rings is 1. The molecule has 20 heavy (non-hydrogen) atoms. The predicted octanol–water partition coefficient (Wildman–Crippen LogP) is 2.89. The number of anilines is 1. The molecule has 0 bridgehead atoms. The first-order chi connectivity index (χ1) is 9.52. The van der Waals surface area contributed by atoms with Gasteiger partial charge in [-0.2, -0.15) is 0 Å². The highest BCUT2D eigenvalue weighted by atomic mass is 16.6. The minimum Gasteiger partial charge on any atom is -0.450 e. The molecule has 1 aliphatic heterocycles. The van der Waals surface area contributed by atoms with Crippen LogP contribution in [0.5, 0.6) is 0 Å². The van der Waals surface area contributed by atoms with Gasteiger partial charge < -0.3 is 14.5 Å². The van der Waals surface area contributed by atoms with Crippen LogP contribution in [0.15, 0.2) is 12.1 Å². The summed E-state index contributed by atoms with van der Waals surface area (Å²) in [6.07, 6.45) is -0.190. The molecular weight excluding hydrogens is 252 g/mol. The molecule has 2 rings (SSSR count). The smallest absolute Gasteiger partial charge is 0.409 e. The molecule has 1 aromatic carbocycles. The molecule has 1 heterocycles. The first-order valence-corrected chi connectivity index (χ1v) is 7.27. The maximum Gasteiger partial charge on any atom is 0.409 e. The van der Waals surface area contributed by atoms with Crippen LogP contribution in [-0.4, -0.2) is 43.8 Å². The zero-order valence-electron chi connectivity index (χ0n) is 12.9. The van der Waals surface area contributed by atoms with E-state index in [0.717, 1.165) is 26.2 Å². The van der Waals surface area contributed by atoms with Crippen LogP contribution < -0.4 is 4.90 Å². The number of amides is 1. The third kappa shape index (κ3) is 3.06. The van der Waals surface area contributed by atoms with Gasteiger partial charge in [0, 0.05) is 31.9 Å². The summed E-state index contributed by atoms with van der Waals surface area (Å²) in [6, 6.07) is 4.44. The third-order valence-electron chi connectivity index (χ3n) is 3.76. The van der Waals surface area contributed by atoms with E-state index in [4.69, 9.17) is 4.74 Å². The maximum absolute atomic E-state index is 11.7. The van der Waals surface area contributed by atoms with Gasteiger partial charge in [0.05, 0.1) is 6.61 Å². The Balaban J connectivity index is 2.06. The second-order valence-corrected chi connectivity index (χ2v) is 5.42. The molecule has 1 fully saturated rings. The van der Waals surface area contributed by atoms with Gasteiger partial charge in [0.25, 0.3) is 0 Å². The zero-order chi connectivity index (χ0) is 14.7. The van der Waals surface area contributed by atoms with Crippen molar-refractivity contribution in [1.82, 2.24) is 4.90 Å². The summed E-state index contributed by atoms with van der Waals surface area (Å²) in [5.41, 5.74) is 5.24. The highest BCUT2D eigenvalue weighted by molar-refractivity contribution is 5.68. The maximum atomic E-state index is 11.7. The van der Waals surface area contributed by atoms with E-state index in [1.54, 1.807) is 4.90 Å². The minimum atomic E-state index is -0.190. The molecule has 1 aliphatic rings. The van der Waals surface area contributed by atoms with E-state index in [0.29, 0.717) is 6.61 Å². The largest absolute Gasteiger partial charge is 0.450 e. The Labute approximate surface area is 121 Å². The van der Waals surface area contributed by atoms with Gasteiger partial charge >= 0.3 is 6.09 Å². The topological polar surface area (TPSA) is 32.8 Å². The van der Waals surface area contributed by atoms with Crippen LogP contribution in [0.25, 0.3) is 0 Å². The van der Waals surface area contributed by atoms with E-state index in [1.807, 2.05) is 6.92 Å². The number of rotatable bonds is 2. The number of ether oxygens (including phenoxy) is 1. The summed E-state index contributed by atoms with van der Waals surface area (Å²) in [5.74, 6) is 0. The molecule has 1 amide bonds. The van der Waals surface area contributed by atoms with Crippen molar-refractivity contribution in [2.45, 2.75) is 27.7 Å². The molecule has 4 nitrogen and oxygen atoms in total. The Morgan fingerprint density at radius 1 is 1.10 bits per heavy atom. The average Bonchev–Trinajstić information content (AvgIpc) is 2.38. The van der Waals surface area contributed by atoms with Crippen LogP contribution in [0.4, 0.5) is 10.5 Å². The van der Waals surface area contributed by atoms with Crippen molar-refractivity contribution in [2.24, 2.45) is 0 Å². The number of hydrogen-bond donors (Lipinski definition) is 0. The summed E-state index contributed by atoms with van der Waals surface area (Å²) in [7, 11) is 0. The predicted molar refractivity (Wildman–Crippen MR) is 81.5 cm³/mol. The molecule has 0 N–H and O–H groups in total. The average molecular weight is 276 g/mol. The second-order valence-electron chi connectivity index (χ2n) is 5.42. The van der Waals surface area contributed by atoms with Crippen molar-refractivity contribution < 1.29 is 9.53 Å². The molecule has 0 unspecified atom stereocenters. The molecule has 0 aromatic heterocycles. The van der Waals surface area contributed by atoms with Crippen molar-refractivity contribution in [3.05, 3.63) is 28.8 Å². The minimum absolute atomic E-state index is 0.190. The van der Waals surface area contributed by atoms with Crippen LogP contribution in [0, 0.1) is 20.8 Å². The highest BCUT2D eigenvalue weighted by Gasteiger charge is 2.23. The standard InChI is InChI=1S/C16H24N2O2/c1-5-20-16(19)18-8-6-17(7-9-18)15-13(3)10-12(2)11-14(15)4/h10-11H,5-9H2,1-4H3. The molecule has 0 aliphatic carbocycles. The molecular formula is C16H24N2O2. The van der Waals surface area contributed by atoms with Crippen LogP contribution >= 0.6 is 0 Å². The Bertz CT molecular complexity index is 468. The molecule has 0 saturated carbocycles. The molecule has 1 saturated heterocycles. The van der Waals surface area contributed by atoms with Crippen LogP contribution in [0.2, 0.25) is 0 Å². The third-order valence-corrected chi connectivity index (χ3v) is 3.76. The number of carbonyl (C=O) groups excluding carboxylic acids is 1. The van der Waals surface area contributed by atoms with Gasteiger partial charge in [-0.1, -0.05) is 17.7 Å². The lowest BCUT2D eigenvalue weighted by molar-refractivity contribution is 0.105. The van der Waals surface area contributed by atoms with Crippen LogP contribution in [0.1, 0.15) is 23.6 Å². The molecule has 4 heteroatoms. The molecule has 1 aromatic rings. The lowest BCUT2D eigenvalue weighted by atomic mass is 10.0. The van der Waals surface area contributed by atoms with E-state index >= 15 is 0 Å². The quantitative estimate of drug-likeness (QED) is 0.832. The van der Waals surface area contributed by atoms with Gasteiger partial charge in [0.15, 0.2) is 0 Å². The van der Waals surface area contributed by atoms with Crippen molar-refractivity contribution >= 4 is 11.8 Å². The van der Waals surface area contributed by atoms with E-state index in [9.17, 15) is 4.79 Å². The monoisotopic (exact) mass is 276 g/mol. The number of carbonyl (C=O) groups is 1. The van der Waals surface area contributed by atoms with Gasteiger partial charge in [-0.25, -0.2) is 4.79 Å². The number of hydrogen-bond acceptors (Lipinski definition) is 3. The van der Waals surface area contributed by atoms with Gasteiger partial charge in [-0.05, 0) is 38.8 Å². The van der Waals surface area contributed by atoms with E-state index in [2.05, 4.69) is 37.8 Å². The van der Waals surface area contributed by atoms with E-state index < -0.39 is 0 Å². The van der Waals surface area contributed by atoms with E-state index in [1.165, 1.54) is 22.4 Å². The summed E-state index contributed by atoms with van der Waals surface area (Å²) in [4.78, 5) is 15.9. The van der Waals surface area contributed by atoms with Crippen molar-refractivity contribution in [3.63, 3.8) is 0 Å². The molecule has 110 valence electrons. The zero-order valence-corrected chi connectivity index (χ0v) is 12.9. The summed E-state index contributed by atoms with van der Waals surface area (Å²) >= 11 is 0. The first kappa shape index (κ1) is 14.7. The van der Waals surface area contributed by atoms with Crippen molar-refractivity contribution in [3.8, 4) is 0 Å². The number of piperazine rings is 1. The van der Waals surface area contributed by atoms with Gasteiger partial charge in [0.1, 0.15) is 0 Å². The van der Waals surface area contributed by atoms with Gasteiger partial charge in [0.2, 0.25) is 0 Å². The normalized spacial score (nSPS) is 15.4. The number of nitrogens with zero attached hydrogens (tertiary/aromatic N) is 2. The Morgan fingerprint density at radius 2 is 1.65 bits per heavy atom. The fourth-order valence-electron chi connectivity index (χ4n) is 3.00. The SMILES string of the molecule is CCOC(=O)N1CCN(c2c(C)cc(C)cc2C)CC1. The highest BCUT2D eigenvalue weighted by Crippen LogP contribution is 2.27. The fourth-order valence-corrected chi connectivity index (χ4v) is 3.00. The van der Waals surface area contributed by atoms with Gasteiger partial charge in [-0.15, -0.1) is 0 Å². The van der Waals surface area contributed by atoms with Crippen LogP contribution in [0.3, 0.4) is 0 Å². The Kier molecular flexibility index (Phi) is 4.53. The Hall–Kier alpha value is -1.71. The lowest BCUT2D eigenvalue weighted by Gasteiger charge is -2.37. The second kappa shape index (κ2) is 6.16. The first-order valence-electron chi connectivity index (χ1n) is 7.27. The van der Waals surface area contributed by atoms with Crippen molar-refractivity contribution in [1.29, 1.82) is 0 Å². The van der Waals surface area contributed by atoms with Crippen molar-refractivity contribution in [2.75, 3.05) is 37.7 Å². The Morgan fingerprint density at radius 3 is 2.15 bits per heavy atom. The lowest BCUT2D eigenvalue weighted by Crippen LogP contribution is -2.49. The van der Waals surface area contributed by atoms with Gasteiger partial charge in [-0.3, -0.25) is 0 Å². The molecule has 0 atom stereocenters. The molecule has 0 spiro atoms. The molecule has 0 radical (unpaired) electrons. The number of aryl methyl sites for hydroxylation is 3. The van der Waals surface area contributed by atoms with E-state index in [-0.39, 0.29) is 6.09 Å². The summed E-state index contributed by atoms with van der Waals surface area (Å²) in [6.45, 7) is 11.9. The summed E-state index contributed by atoms with van der Waals surface area (Å²) in [5, 5.41) is 0. The van der Waals surface area contributed by atoms with Crippen LogP contribution in [-0.2, 0) is 4.74 Å². The summed E-state index contributed by atoms with van der Waals surface area (Å²) < 4.78 is 5.05. The fraction of sp³-hybridized carbons (Fsp3) is 0.562.